The molecule has 2 aromatic heterocycles. The number of benzene rings is 1. The molecule has 0 bridgehead atoms. The maximum absolute atomic E-state index is 12.4. The molecule has 0 aliphatic carbocycles. The summed E-state index contributed by atoms with van der Waals surface area (Å²) < 4.78 is 5.60. The minimum atomic E-state index is -0.322. The van der Waals surface area contributed by atoms with Crippen molar-refractivity contribution in [1.82, 2.24) is 20.3 Å². The molecule has 7 nitrogen and oxygen atoms in total. The van der Waals surface area contributed by atoms with Crippen LogP contribution < -0.4 is 15.6 Å². The summed E-state index contributed by atoms with van der Waals surface area (Å²) in [5.74, 6) is 0.945. The third-order valence-electron chi connectivity index (χ3n) is 4.18. The predicted molar refractivity (Wildman–Crippen MR) is 106 cm³/mol. The Morgan fingerprint density at radius 1 is 1.21 bits per heavy atom. The van der Waals surface area contributed by atoms with E-state index in [-0.39, 0.29) is 17.9 Å². The van der Waals surface area contributed by atoms with Crippen molar-refractivity contribution in [3.63, 3.8) is 0 Å². The van der Waals surface area contributed by atoms with Gasteiger partial charge in [-0.2, -0.15) is 0 Å². The molecular weight excluding hydrogens is 356 g/mol. The lowest BCUT2D eigenvalue weighted by Crippen LogP contribution is -2.32. The van der Waals surface area contributed by atoms with Gasteiger partial charge in [-0.15, -0.1) is 0 Å². The molecule has 2 heterocycles. The summed E-state index contributed by atoms with van der Waals surface area (Å²) in [5, 5.41) is 2.76. The summed E-state index contributed by atoms with van der Waals surface area (Å²) >= 11 is 0. The Morgan fingerprint density at radius 3 is 2.79 bits per heavy atom. The van der Waals surface area contributed by atoms with Gasteiger partial charge in [0.25, 0.3) is 5.56 Å². The number of aromatic amines is 1. The topological polar surface area (TPSA) is 97.0 Å². The quantitative estimate of drug-likeness (QED) is 0.614. The summed E-state index contributed by atoms with van der Waals surface area (Å²) in [4.78, 5) is 35.7. The van der Waals surface area contributed by atoms with Crippen LogP contribution in [0.5, 0.6) is 5.75 Å². The van der Waals surface area contributed by atoms with Crippen molar-refractivity contribution in [2.75, 3.05) is 13.2 Å². The number of nitrogens with zero attached hydrogens (tertiary/aromatic N) is 2. The van der Waals surface area contributed by atoms with Crippen molar-refractivity contribution in [3.05, 3.63) is 76.0 Å². The van der Waals surface area contributed by atoms with E-state index in [2.05, 4.69) is 20.3 Å². The van der Waals surface area contributed by atoms with Crippen molar-refractivity contribution in [1.29, 1.82) is 0 Å². The standard InChI is InChI=1S/C21H22N4O3/c1-14-5-3-7-17(11-14)28-10-9-23-19(26)12-18-15(2)24-20(25-21(18)27)16-6-4-8-22-13-16/h3-8,11,13H,9-10,12H2,1-2H3,(H,23,26)(H,24,25,27). The Hall–Kier alpha value is -3.48. The Balaban J connectivity index is 1.56. The zero-order valence-electron chi connectivity index (χ0n) is 15.9. The SMILES string of the molecule is Cc1cccc(OCCNC(=O)Cc2c(C)nc(-c3cccnc3)[nH]c2=O)c1. The number of pyridine rings is 1. The number of aromatic nitrogens is 3. The second kappa shape index (κ2) is 8.94. The second-order valence-electron chi connectivity index (χ2n) is 6.41. The summed E-state index contributed by atoms with van der Waals surface area (Å²) in [6.45, 7) is 4.41. The van der Waals surface area contributed by atoms with Gasteiger partial charge in [0.2, 0.25) is 5.91 Å². The van der Waals surface area contributed by atoms with Gasteiger partial charge >= 0.3 is 0 Å². The van der Waals surface area contributed by atoms with E-state index in [1.807, 2.05) is 37.3 Å². The van der Waals surface area contributed by atoms with Crippen LogP contribution in [0.1, 0.15) is 16.8 Å². The lowest BCUT2D eigenvalue weighted by molar-refractivity contribution is -0.120. The van der Waals surface area contributed by atoms with Crippen LogP contribution in [0.3, 0.4) is 0 Å². The summed E-state index contributed by atoms with van der Waals surface area (Å²) in [5.41, 5.74) is 2.38. The molecule has 28 heavy (non-hydrogen) atoms. The van der Waals surface area contributed by atoms with Crippen LogP contribution in [0, 0.1) is 13.8 Å². The summed E-state index contributed by atoms with van der Waals surface area (Å²) in [6.07, 6.45) is 3.24. The minimum Gasteiger partial charge on any atom is -0.492 e. The summed E-state index contributed by atoms with van der Waals surface area (Å²) in [7, 11) is 0. The Morgan fingerprint density at radius 2 is 2.07 bits per heavy atom. The van der Waals surface area contributed by atoms with E-state index < -0.39 is 0 Å². The van der Waals surface area contributed by atoms with Gasteiger partial charge in [-0.1, -0.05) is 12.1 Å². The molecule has 0 fully saturated rings. The lowest BCUT2D eigenvalue weighted by Gasteiger charge is -2.09. The molecule has 0 radical (unpaired) electrons. The molecule has 3 aromatic rings. The third-order valence-corrected chi connectivity index (χ3v) is 4.18. The molecule has 0 atom stereocenters. The first-order chi connectivity index (χ1) is 13.5. The van der Waals surface area contributed by atoms with Crippen LogP contribution in [-0.2, 0) is 11.2 Å². The number of carbonyl (C=O) groups is 1. The number of carbonyl (C=O) groups excluding carboxylic acids is 1. The molecule has 0 unspecified atom stereocenters. The summed E-state index contributed by atoms with van der Waals surface area (Å²) in [6, 6.07) is 11.3. The molecular formula is C21H22N4O3. The van der Waals surface area contributed by atoms with Crippen LogP contribution in [0.4, 0.5) is 0 Å². The number of amides is 1. The first kappa shape index (κ1) is 19.3. The first-order valence-electron chi connectivity index (χ1n) is 8.99. The molecule has 3 rings (SSSR count). The number of hydrogen-bond donors (Lipinski definition) is 2. The van der Waals surface area contributed by atoms with Gasteiger partial charge in [0.15, 0.2) is 0 Å². The normalized spacial score (nSPS) is 10.5. The number of rotatable bonds is 7. The smallest absolute Gasteiger partial charge is 0.255 e. The van der Waals surface area contributed by atoms with Gasteiger partial charge < -0.3 is 15.0 Å². The number of aryl methyl sites for hydroxylation is 2. The van der Waals surface area contributed by atoms with Crippen molar-refractivity contribution < 1.29 is 9.53 Å². The van der Waals surface area contributed by atoms with Gasteiger partial charge in [-0.05, 0) is 43.7 Å². The highest BCUT2D eigenvalue weighted by atomic mass is 16.5. The fraction of sp³-hybridized carbons (Fsp3) is 0.238. The van der Waals surface area contributed by atoms with E-state index in [0.717, 1.165) is 11.3 Å². The molecule has 0 saturated carbocycles. The first-order valence-corrected chi connectivity index (χ1v) is 8.99. The number of nitrogens with one attached hydrogen (secondary N) is 2. The van der Waals surface area contributed by atoms with Crippen LogP contribution in [-0.4, -0.2) is 34.0 Å². The highest BCUT2D eigenvalue weighted by Gasteiger charge is 2.13. The van der Waals surface area contributed by atoms with E-state index in [9.17, 15) is 9.59 Å². The Labute approximate surface area is 162 Å². The number of H-pyrrole nitrogens is 1. The predicted octanol–water partition coefficient (Wildman–Crippen LogP) is 2.19. The monoisotopic (exact) mass is 378 g/mol. The van der Waals surface area contributed by atoms with Crippen LogP contribution >= 0.6 is 0 Å². The average molecular weight is 378 g/mol. The van der Waals surface area contributed by atoms with Crippen molar-refractivity contribution in [3.8, 4) is 17.1 Å². The van der Waals surface area contributed by atoms with E-state index in [0.29, 0.717) is 35.8 Å². The van der Waals surface area contributed by atoms with Gasteiger partial charge in [0.1, 0.15) is 18.2 Å². The fourth-order valence-electron chi connectivity index (χ4n) is 2.75. The minimum absolute atomic E-state index is 0.0358. The van der Waals surface area contributed by atoms with Crippen LogP contribution in [0.25, 0.3) is 11.4 Å². The fourth-order valence-corrected chi connectivity index (χ4v) is 2.75. The van der Waals surface area contributed by atoms with Gasteiger partial charge in [0.05, 0.1) is 13.0 Å². The largest absolute Gasteiger partial charge is 0.492 e. The van der Waals surface area contributed by atoms with Crippen molar-refractivity contribution in [2.45, 2.75) is 20.3 Å². The zero-order chi connectivity index (χ0) is 19.9. The van der Waals surface area contributed by atoms with E-state index in [4.69, 9.17) is 4.74 Å². The maximum Gasteiger partial charge on any atom is 0.255 e. The number of ether oxygens (including phenoxy) is 1. The van der Waals surface area contributed by atoms with Crippen molar-refractivity contribution >= 4 is 5.91 Å². The Kier molecular flexibility index (Phi) is 6.16. The molecule has 0 aliphatic heterocycles. The van der Waals surface area contributed by atoms with Gasteiger partial charge in [0, 0.05) is 29.2 Å². The van der Waals surface area contributed by atoms with E-state index in [1.54, 1.807) is 25.4 Å². The maximum atomic E-state index is 12.4. The molecule has 1 amide bonds. The Bertz CT molecular complexity index is 1020. The highest BCUT2D eigenvalue weighted by Crippen LogP contribution is 2.13. The van der Waals surface area contributed by atoms with Gasteiger partial charge in [-0.25, -0.2) is 4.98 Å². The van der Waals surface area contributed by atoms with Crippen LogP contribution in [0.2, 0.25) is 0 Å². The molecule has 1 aromatic carbocycles. The third kappa shape index (κ3) is 5.03. The molecule has 0 aliphatic rings. The zero-order valence-corrected chi connectivity index (χ0v) is 15.9. The highest BCUT2D eigenvalue weighted by molar-refractivity contribution is 5.78. The molecule has 0 saturated heterocycles. The molecule has 7 heteroatoms. The van der Waals surface area contributed by atoms with E-state index >= 15 is 0 Å². The number of hydrogen-bond acceptors (Lipinski definition) is 5. The second-order valence-corrected chi connectivity index (χ2v) is 6.41. The van der Waals surface area contributed by atoms with Crippen molar-refractivity contribution in [2.24, 2.45) is 0 Å². The van der Waals surface area contributed by atoms with Crippen LogP contribution in [0.15, 0.2) is 53.6 Å². The average Bonchev–Trinajstić information content (AvgIpc) is 2.69. The van der Waals surface area contributed by atoms with E-state index in [1.165, 1.54) is 0 Å². The molecule has 2 N–H and O–H groups in total. The lowest BCUT2D eigenvalue weighted by atomic mass is 10.1. The van der Waals surface area contributed by atoms with Gasteiger partial charge in [-0.3, -0.25) is 14.6 Å². The molecule has 144 valence electrons. The molecule has 0 spiro atoms.